The van der Waals surface area contributed by atoms with Crippen LogP contribution in [0, 0.1) is 0 Å². The zero-order valence-electron chi connectivity index (χ0n) is 28.9. The monoisotopic (exact) mass is 698 g/mol. The van der Waals surface area contributed by atoms with Crippen LogP contribution in [0.3, 0.4) is 0 Å². The maximum absolute atomic E-state index is 14.7. The first kappa shape index (κ1) is 33.8. The van der Waals surface area contributed by atoms with E-state index in [1.807, 2.05) is 71.3 Å². The SMILES string of the molecule is CCN(CC)c1ccc(/N=C(\C(=O)Nc2cc(Cl)ccc2OC)c2nc3cn(-c4ccccc4)cc3c(=O)n2-c2ccccc2)c2c1CCCC2. The molecule has 0 saturated heterocycles. The lowest BCUT2D eigenvalue weighted by Gasteiger charge is -2.29. The van der Waals surface area contributed by atoms with Crippen LogP contribution >= 0.6 is 11.6 Å². The number of aliphatic imine (C=N–C) groups is 1. The number of carbonyl (C=O) groups is 1. The Balaban J connectivity index is 1.50. The van der Waals surface area contributed by atoms with E-state index in [9.17, 15) is 9.59 Å². The minimum Gasteiger partial charge on any atom is -0.495 e. The lowest BCUT2D eigenvalue weighted by Crippen LogP contribution is -2.33. The molecule has 258 valence electrons. The van der Waals surface area contributed by atoms with Crippen molar-refractivity contribution in [3.8, 4) is 17.1 Å². The fourth-order valence-electron chi connectivity index (χ4n) is 6.88. The van der Waals surface area contributed by atoms with Crippen molar-refractivity contribution in [2.75, 3.05) is 30.4 Å². The van der Waals surface area contributed by atoms with Crippen LogP contribution < -0.4 is 20.5 Å². The van der Waals surface area contributed by atoms with Crippen LogP contribution in [0.5, 0.6) is 5.75 Å². The van der Waals surface area contributed by atoms with E-state index in [-0.39, 0.29) is 17.1 Å². The highest BCUT2D eigenvalue weighted by atomic mass is 35.5. The summed E-state index contributed by atoms with van der Waals surface area (Å²) in [7, 11) is 1.53. The van der Waals surface area contributed by atoms with Gasteiger partial charge in [-0.2, -0.15) is 0 Å². The van der Waals surface area contributed by atoms with Gasteiger partial charge in [-0.3, -0.25) is 14.2 Å². The number of aromatic nitrogens is 3. The van der Waals surface area contributed by atoms with Gasteiger partial charge in [-0.15, -0.1) is 0 Å². The number of anilines is 2. The Morgan fingerprint density at radius 3 is 2.27 bits per heavy atom. The van der Waals surface area contributed by atoms with Gasteiger partial charge < -0.3 is 19.5 Å². The van der Waals surface area contributed by atoms with E-state index >= 15 is 0 Å². The van der Waals surface area contributed by atoms with Gasteiger partial charge in [0.05, 0.1) is 35.1 Å². The van der Waals surface area contributed by atoms with Crippen molar-refractivity contribution < 1.29 is 9.53 Å². The number of nitrogens with one attached hydrogen (secondary N) is 1. The number of carbonyl (C=O) groups excluding carboxylic acids is 1. The molecule has 0 saturated carbocycles. The molecule has 0 radical (unpaired) electrons. The second-order valence-corrected chi connectivity index (χ2v) is 12.8. The molecule has 51 heavy (non-hydrogen) atoms. The van der Waals surface area contributed by atoms with E-state index < -0.39 is 5.91 Å². The van der Waals surface area contributed by atoms with Gasteiger partial charge in [-0.1, -0.05) is 48.0 Å². The molecule has 9 nitrogen and oxygen atoms in total. The number of nitrogens with zero attached hydrogens (tertiary/aromatic N) is 5. The lowest BCUT2D eigenvalue weighted by atomic mass is 9.88. The molecule has 1 N–H and O–H groups in total. The lowest BCUT2D eigenvalue weighted by molar-refractivity contribution is -0.110. The van der Waals surface area contributed by atoms with Crippen molar-refractivity contribution in [2.24, 2.45) is 4.99 Å². The van der Waals surface area contributed by atoms with Crippen LogP contribution in [-0.4, -0.2) is 45.9 Å². The van der Waals surface area contributed by atoms with E-state index in [0.717, 1.165) is 50.0 Å². The third-order valence-electron chi connectivity index (χ3n) is 9.40. The summed E-state index contributed by atoms with van der Waals surface area (Å²) in [6.45, 7) is 6.09. The largest absolute Gasteiger partial charge is 0.495 e. The van der Waals surface area contributed by atoms with Crippen molar-refractivity contribution in [3.63, 3.8) is 0 Å². The Bertz CT molecular complexity index is 2310. The highest BCUT2D eigenvalue weighted by molar-refractivity contribution is 6.49. The van der Waals surface area contributed by atoms with Crippen molar-refractivity contribution in [1.82, 2.24) is 14.1 Å². The Kier molecular flexibility index (Phi) is 9.72. The molecule has 10 heteroatoms. The van der Waals surface area contributed by atoms with Crippen molar-refractivity contribution in [1.29, 1.82) is 0 Å². The predicted octanol–water partition coefficient (Wildman–Crippen LogP) is 8.32. The molecule has 0 unspecified atom stereocenters. The summed E-state index contributed by atoms with van der Waals surface area (Å²) >= 11 is 6.37. The molecular formula is C41H39ClN6O3. The zero-order chi connectivity index (χ0) is 35.5. The van der Waals surface area contributed by atoms with Gasteiger partial charge in [0.1, 0.15) is 5.75 Å². The summed E-state index contributed by atoms with van der Waals surface area (Å²) < 4.78 is 8.90. The molecule has 2 aromatic heterocycles. The van der Waals surface area contributed by atoms with E-state index in [4.69, 9.17) is 26.3 Å². The molecule has 4 aromatic carbocycles. The molecule has 0 aliphatic heterocycles. The molecule has 0 spiro atoms. The molecular weight excluding hydrogens is 660 g/mol. The average molecular weight is 699 g/mol. The molecule has 7 rings (SSSR count). The first-order valence-corrected chi connectivity index (χ1v) is 17.7. The molecule has 6 aromatic rings. The molecule has 0 bridgehead atoms. The third kappa shape index (κ3) is 6.65. The van der Waals surface area contributed by atoms with E-state index in [2.05, 4.69) is 30.1 Å². The van der Waals surface area contributed by atoms with Crippen molar-refractivity contribution in [2.45, 2.75) is 39.5 Å². The van der Waals surface area contributed by atoms with Crippen LogP contribution in [0.2, 0.25) is 5.02 Å². The average Bonchev–Trinajstić information content (AvgIpc) is 3.60. The molecule has 0 fully saturated rings. The van der Waals surface area contributed by atoms with Crippen LogP contribution in [0.1, 0.15) is 43.6 Å². The highest BCUT2D eigenvalue weighted by Crippen LogP contribution is 2.37. The fourth-order valence-corrected chi connectivity index (χ4v) is 7.05. The van der Waals surface area contributed by atoms with Gasteiger partial charge in [0, 0.05) is 41.9 Å². The number of para-hydroxylation sites is 2. The Morgan fingerprint density at radius 1 is 0.902 bits per heavy atom. The third-order valence-corrected chi connectivity index (χ3v) is 9.64. The summed E-state index contributed by atoms with van der Waals surface area (Å²) in [6, 6.07) is 28.0. The van der Waals surface area contributed by atoms with Crippen molar-refractivity contribution >= 4 is 51.2 Å². The summed E-state index contributed by atoms with van der Waals surface area (Å²) in [6.07, 6.45) is 7.45. The standard InChI is InChI=1S/C41H39ClN6O3/c1-4-46(5-2)36-22-21-33(30-18-12-13-19-31(30)36)43-38(40(49)45-34-24-27(42)20-23-37(34)51-3)39-44-35-26-47(28-14-8-6-9-15-28)25-32(35)41(50)48(39)29-16-10-7-11-17-29/h6-11,14-17,20-26H,4-5,12-13,18-19H2,1-3H3,(H,45,49)/b43-38-. The normalized spacial score (nSPS) is 12.8. The number of benzene rings is 4. The Morgan fingerprint density at radius 2 is 1.59 bits per heavy atom. The quantitative estimate of drug-likeness (QED) is 0.145. The zero-order valence-corrected chi connectivity index (χ0v) is 29.7. The molecule has 0 atom stereocenters. The minimum atomic E-state index is -0.564. The van der Waals surface area contributed by atoms with Crippen LogP contribution in [0.25, 0.3) is 22.3 Å². The number of amides is 1. The summed E-state index contributed by atoms with van der Waals surface area (Å²) in [4.78, 5) is 41.8. The maximum Gasteiger partial charge on any atom is 0.278 e. The number of fused-ring (bicyclic) bond motifs is 2. The van der Waals surface area contributed by atoms with Crippen molar-refractivity contribution in [3.05, 3.63) is 136 Å². The Labute approximate surface area is 301 Å². The van der Waals surface area contributed by atoms with Gasteiger partial charge in [0.15, 0.2) is 11.5 Å². The van der Waals surface area contributed by atoms with Gasteiger partial charge in [0.2, 0.25) is 0 Å². The smallest absolute Gasteiger partial charge is 0.278 e. The predicted molar refractivity (Wildman–Crippen MR) is 206 cm³/mol. The highest BCUT2D eigenvalue weighted by Gasteiger charge is 2.27. The topological polar surface area (TPSA) is 93.8 Å². The number of ether oxygens (including phenoxy) is 1. The number of hydrogen-bond acceptors (Lipinski definition) is 6. The van der Waals surface area contributed by atoms with E-state index in [1.54, 1.807) is 30.6 Å². The maximum atomic E-state index is 14.7. The van der Waals surface area contributed by atoms with Gasteiger partial charge in [-0.05, 0) is 105 Å². The van der Waals surface area contributed by atoms with E-state index in [1.165, 1.54) is 22.9 Å². The summed E-state index contributed by atoms with van der Waals surface area (Å²) in [5.74, 6) is -0.0244. The van der Waals surface area contributed by atoms with Gasteiger partial charge in [0.25, 0.3) is 11.5 Å². The van der Waals surface area contributed by atoms with Crippen LogP contribution in [0.4, 0.5) is 17.1 Å². The Hall–Kier alpha value is -5.67. The first-order valence-electron chi connectivity index (χ1n) is 17.3. The van der Waals surface area contributed by atoms with Crippen LogP contribution in [0.15, 0.2) is 113 Å². The molecule has 1 aliphatic rings. The van der Waals surface area contributed by atoms with Crippen LogP contribution in [-0.2, 0) is 17.6 Å². The minimum absolute atomic E-state index is 0.0179. The second kappa shape index (κ2) is 14.7. The number of halogens is 1. The van der Waals surface area contributed by atoms with Gasteiger partial charge >= 0.3 is 0 Å². The molecule has 1 aliphatic carbocycles. The number of methoxy groups -OCH3 is 1. The molecule has 1 amide bonds. The number of rotatable bonds is 10. The van der Waals surface area contributed by atoms with E-state index in [0.29, 0.717) is 38.7 Å². The number of hydrogen-bond donors (Lipinski definition) is 1. The first-order chi connectivity index (χ1) is 24.9. The second-order valence-electron chi connectivity index (χ2n) is 12.4. The summed E-state index contributed by atoms with van der Waals surface area (Å²) in [5.41, 5.74) is 6.14. The fraction of sp³-hybridized carbons (Fsp3) is 0.220. The van der Waals surface area contributed by atoms with Gasteiger partial charge in [-0.25, -0.2) is 9.98 Å². The summed E-state index contributed by atoms with van der Waals surface area (Å²) in [5, 5.41) is 3.81. The molecule has 2 heterocycles.